The molecule has 0 aliphatic heterocycles. The van der Waals surface area contributed by atoms with Crippen molar-refractivity contribution >= 4 is 29.5 Å². The van der Waals surface area contributed by atoms with Gasteiger partial charge < -0.3 is 24.1 Å². The van der Waals surface area contributed by atoms with Gasteiger partial charge in [-0.25, -0.2) is 0 Å². The Morgan fingerprint density at radius 2 is 1.83 bits per heavy atom. The quantitative estimate of drug-likeness (QED) is 0.0752. The van der Waals surface area contributed by atoms with Gasteiger partial charge in [0, 0.05) is 31.1 Å². The predicted molar refractivity (Wildman–Crippen MR) is 137 cm³/mol. The highest BCUT2D eigenvalue weighted by atomic mass is 32.2. The molecule has 36 heavy (non-hydrogen) atoms. The maximum Gasteiger partial charge on any atom is 0.308 e. The molecule has 2 rings (SSSR count). The first-order valence-corrected chi connectivity index (χ1v) is 12.4. The van der Waals surface area contributed by atoms with E-state index in [4.69, 9.17) is 13.9 Å². The van der Waals surface area contributed by atoms with Crippen LogP contribution in [-0.2, 0) is 26.6 Å². The topological polar surface area (TPSA) is 137 Å². The van der Waals surface area contributed by atoms with Crippen LogP contribution in [0, 0.1) is 10.1 Å². The first-order chi connectivity index (χ1) is 17.1. The summed E-state index contributed by atoms with van der Waals surface area (Å²) in [5.74, 6) is 2.74. The summed E-state index contributed by atoms with van der Waals surface area (Å²) >= 11 is 1.63. The average molecular weight is 521 g/mol. The highest BCUT2D eigenvalue weighted by Crippen LogP contribution is 2.22. The molecule has 0 aliphatic carbocycles. The zero-order chi connectivity index (χ0) is 26.5. The third kappa shape index (κ3) is 11.4. The van der Waals surface area contributed by atoms with Crippen LogP contribution < -0.4 is 10.1 Å². The largest absolute Gasteiger partial charge is 0.464 e. The number of hydrogen-bond acceptors (Lipinski definition) is 10. The van der Waals surface area contributed by atoms with E-state index in [1.807, 2.05) is 31.1 Å². The fourth-order valence-corrected chi connectivity index (χ4v) is 3.89. The fraction of sp³-hybridized carbons (Fsp3) is 0.458. The number of benzene rings is 1. The van der Waals surface area contributed by atoms with Gasteiger partial charge in [0.05, 0.1) is 18.8 Å². The number of esters is 2. The summed E-state index contributed by atoms with van der Waals surface area (Å²) in [6.45, 7) is 3.30. The number of furan rings is 1. The second-order valence-electron chi connectivity index (χ2n) is 8.12. The summed E-state index contributed by atoms with van der Waals surface area (Å²) in [5.41, 5.74) is 0.618. The number of carbonyl (C=O) groups excluding carboxylic acids is 2. The van der Waals surface area contributed by atoms with Crippen LogP contribution in [0.3, 0.4) is 0 Å². The lowest BCUT2D eigenvalue weighted by Crippen LogP contribution is -2.32. The molecular weight excluding hydrogens is 488 g/mol. The fourth-order valence-electron chi connectivity index (χ4n) is 3.14. The first kappa shape index (κ1) is 28.9. The van der Waals surface area contributed by atoms with Crippen molar-refractivity contribution in [3.63, 3.8) is 0 Å². The number of nitrogens with one attached hydrogen (secondary N) is 1. The van der Waals surface area contributed by atoms with Crippen molar-refractivity contribution in [2.75, 3.05) is 39.5 Å². The number of ether oxygens (including phenoxy) is 2. The zero-order valence-electron chi connectivity index (χ0n) is 20.9. The summed E-state index contributed by atoms with van der Waals surface area (Å²) in [6.07, 6.45) is -0.748. The van der Waals surface area contributed by atoms with Crippen molar-refractivity contribution < 1.29 is 28.4 Å². The molecule has 0 saturated carbocycles. The summed E-state index contributed by atoms with van der Waals surface area (Å²) in [7, 11) is 3.95. The van der Waals surface area contributed by atoms with Crippen molar-refractivity contribution in [3.8, 4) is 5.75 Å². The predicted octanol–water partition coefficient (Wildman–Crippen LogP) is 3.07. The van der Waals surface area contributed by atoms with Gasteiger partial charge in [-0.3, -0.25) is 24.7 Å². The molecule has 1 N–H and O–H groups in total. The van der Waals surface area contributed by atoms with Crippen molar-refractivity contribution in [1.29, 1.82) is 0 Å². The SMILES string of the molecule is CC(=O)Oc1ccc(C(CN=C(C[N+](=O)[O-])NCCSCc2ccc(CN(C)C)o2)OC(C)=O)cc1. The second-order valence-corrected chi connectivity index (χ2v) is 9.23. The van der Waals surface area contributed by atoms with E-state index in [-0.39, 0.29) is 12.4 Å². The number of thioether (sulfide) groups is 1. The third-order valence-electron chi connectivity index (χ3n) is 4.56. The third-order valence-corrected chi connectivity index (χ3v) is 5.54. The molecule has 1 heterocycles. The minimum Gasteiger partial charge on any atom is -0.464 e. The molecule has 196 valence electrons. The minimum absolute atomic E-state index is 0.00312. The number of nitro groups is 1. The van der Waals surface area contributed by atoms with Gasteiger partial charge in [-0.15, -0.1) is 0 Å². The van der Waals surface area contributed by atoms with Crippen molar-refractivity contribution in [1.82, 2.24) is 10.2 Å². The number of rotatable bonds is 14. The lowest BCUT2D eigenvalue weighted by molar-refractivity contribution is -0.463. The normalized spacial score (nSPS) is 12.3. The molecule has 0 bridgehead atoms. The molecular formula is C24H32N4O7S. The molecule has 0 radical (unpaired) electrons. The van der Waals surface area contributed by atoms with Crippen LogP contribution in [-0.4, -0.2) is 67.1 Å². The lowest BCUT2D eigenvalue weighted by Gasteiger charge is -2.16. The lowest BCUT2D eigenvalue weighted by atomic mass is 10.1. The van der Waals surface area contributed by atoms with Crippen LogP contribution >= 0.6 is 11.8 Å². The van der Waals surface area contributed by atoms with E-state index < -0.39 is 29.5 Å². The Kier molecular flexibility index (Phi) is 11.9. The van der Waals surface area contributed by atoms with Crippen molar-refractivity contribution in [2.24, 2.45) is 4.99 Å². The molecule has 1 unspecified atom stereocenters. The van der Waals surface area contributed by atoms with E-state index in [1.54, 1.807) is 36.0 Å². The Morgan fingerprint density at radius 1 is 1.14 bits per heavy atom. The Morgan fingerprint density at radius 3 is 2.44 bits per heavy atom. The van der Waals surface area contributed by atoms with Gasteiger partial charge in [-0.1, -0.05) is 12.1 Å². The van der Waals surface area contributed by atoms with Crippen LogP contribution in [0.5, 0.6) is 5.75 Å². The van der Waals surface area contributed by atoms with Crippen molar-refractivity contribution in [3.05, 3.63) is 63.6 Å². The molecule has 0 amide bonds. The summed E-state index contributed by atoms with van der Waals surface area (Å²) in [4.78, 5) is 39.7. The number of amidine groups is 1. The second kappa shape index (κ2) is 14.9. The van der Waals surface area contributed by atoms with E-state index in [9.17, 15) is 19.7 Å². The molecule has 1 atom stereocenters. The van der Waals surface area contributed by atoms with Gasteiger partial charge in [-0.2, -0.15) is 11.8 Å². The van der Waals surface area contributed by atoms with Gasteiger partial charge in [0.1, 0.15) is 23.4 Å². The molecule has 2 aromatic rings. The van der Waals surface area contributed by atoms with E-state index in [1.165, 1.54) is 13.8 Å². The molecule has 0 fully saturated rings. The molecule has 11 nitrogen and oxygen atoms in total. The molecule has 1 aromatic heterocycles. The molecule has 0 saturated heterocycles. The van der Waals surface area contributed by atoms with E-state index in [0.717, 1.165) is 18.1 Å². The standard InChI is InChI=1S/C24H32N4O7S/c1-17(29)33-20-7-5-19(6-8-20)23(34-18(2)30)13-26-24(15-28(31)32)25-11-12-36-16-22-10-9-21(35-22)14-27(3)4/h5-10,23H,11-16H2,1-4H3,(H,25,26). The molecule has 1 aromatic carbocycles. The Labute approximate surface area is 214 Å². The highest BCUT2D eigenvalue weighted by molar-refractivity contribution is 7.98. The monoisotopic (exact) mass is 520 g/mol. The van der Waals surface area contributed by atoms with Gasteiger partial charge in [-0.05, 0) is 43.9 Å². The smallest absolute Gasteiger partial charge is 0.308 e. The Bertz CT molecular complexity index is 1040. The van der Waals surface area contributed by atoms with Crippen LogP contribution in [0.4, 0.5) is 0 Å². The molecule has 12 heteroatoms. The minimum atomic E-state index is -0.748. The summed E-state index contributed by atoms with van der Waals surface area (Å²) in [6, 6.07) is 10.4. The Balaban J connectivity index is 1.93. The zero-order valence-corrected chi connectivity index (χ0v) is 21.7. The number of aliphatic imine (C=N–C) groups is 1. The summed E-state index contributed by atoms with van der Waals surface area (Å²) in [5, 5.41) is 14.1. The summed E-state index contributed by atoms with van der Waals surface area (Å²) < 4.78 is 16.2. The van der Waals surface area contributed by atoms with Crippen molar-refractivity contribution in [2.45, 2.75) is 32.2 Å². The number of nitrogens with zero attached hydrogens (tertiary/aromatic N) is 3. The molecule has 0 aliphatic rings. The maximum atomic E-state index is 11.6. The van der Waals surface area contributed by atoms with E-state index >= 15 is 0 Å². The highest BCUT2D eigenvalue weighted by Gasteiger charge is 2.17. The van der Waals surface area contributed by atoms with Crippen LogP contribution in [0.1, 0.15) is 37.0 Å². The van der Waals surface area contributed by atoms with Crippen LogP contribution in [0.15, 0.2) is 45.8 Å². The van der Waals surface area contributed by atoms with Gasteiger partial charge >= 0.3 is 11.9 Å². The van der Waals surface area contributed by atoms with Crippen LogP contribution in [0.25, 0.3) is 0 Å². The van der Waals surface area contributed by atoms with Crippen LogP contribution in [0.2, 0.25) is 0 Å². The Hall–Kier alpha value is -3.38. The van der Waals surface area contributed by atoms with E-state index in [2.05, 4.69) is 10.3 Å². The number of hydrogen-bond donors (Lipinski definition) is 1. The molecule has 0 spiro atoms. The average Bonchev–Trinajstić information content (AvgIpc) is 3.22. The van der Waals surface area contributed by atoms with E-state index in [0.29, 0.717) is 29.4 Å². The van der Waals surface area contributed by atoms with Gasteiger partial charge in [0.2, 0.25) is 0 Å². The maximum absolute atomic E-state index is 11.6. The number of carbonyl (C=O) groups is 2. The van der Waals surface area contributed by atoms with Gasteiger partial charge in [0.15, 0.2) is 5.84 Å². The first-order valence-electron chi connectivity index (χ1n) is 11.3. The van der Waals surface area contributed by atoms with Gasteiger partial charge in [0.25, 0.3) is 6.54 Å².